The first-order valence-corrected chi connectivity index (χ1v) is 9.23. The second kappa shape index (κ2) is 9.91. The fourth-order valence-electron chi connectivity index (χ4n) is 2.90. The van der Waals surface area contributed by atoms with Crippen LogP contribution in [0.2, 0.25) is 0 Å². The minimum Gasteiger partial charge on any atom is -0.497 e. The third kappa shape index (κ3) is 5.34. The first-order valence-electron chi connectivity index (χ1n) is 9.23. The number of hydrogen-bond acceptors (Lipinski definition) is 7. The van der Waals surface area contributed by atoms with Crippen LogP contribution in [0.4, 0.5) is 11.5 Å². The van der Waals surface area contributed by atoms with Gasteiger partial charge in [0.25, 0.3) is 5.91 Å². The number of ether oxygens (including phenoxy) is 3. The van der Waals surface area contributed by atoms with Crippen molar-refractivity contribution in [3.8, 4) is 11.5 Å². The van der Waals surface area contributed by atoms with E-state index >= 15 is 0 Å². The van der Waals surface area contributed by atoms with Crippen LogP contribution < -0.4 is 20.1 Å². The minimum absolute atomic E-state index is 0.130. The van der Waals surface area contributed by atoms with E-state index < -0.39 is 0 Å². The number of nitrogens with one attached hydrogen (secondary N) is 2. The average Bonchev–Trinajstić information content (AvgIpc) is 2.75. The summed E-state index contributed by atoms with van der Waals surface area (Å²) in [7, 11) is 3.20. The summed E-state index contributed by atoms with van der Waals surface area (Å²) < 4.78 is 15.9. The second-order valence-electron chi connectivity index (χ2n) is 6.33. The van der Waals surface area contributed by atoms with E-state index in [0.717, 1.165) is 38.5 Å². The van der Waals surface area contributed by atoms with Gasteiger partial charge in [0, 0.05) is 38.4 Å². The summed E-state index contributed by atoms with van der Waals surface area (Å²) in [4.78, 5) is 18.9. The smallest absolute Gasteiger partial charge is 0.252 e. The normalized spacial score (nSPS) is 14.4. The molecule has 8 nitrogen and oxygen atoms in total. The van der Waals surface area contributed by atoms with Gasteiger partial charge in [-0.3, -0.25) is 9.69 Å². The van der Waals surface area contributed by atoms with Crippen molar-refractivity contribution in [2.75, 3.05) is 58.9 Å². The summed E-state index contributed by atoms with van der Waals surface area (Å²) in [5.41, 5.74) is 1.28. The van der Waals surface area contributed by atoms with Crippen LogP contribution in [0.3, 0.4) is 0 Å². The van der Waals surface area contributed by atoms with Gasteiger partial charge >= 0.3 is 0 Å². The molecule has 2 heterocycles. The highest BCUT2D eigenvalue weighted by Crippen LogP contribution is 2.30. The Morgan fingerprint density at radius 3 is 2.68 bits per heavy atom. The molecule has 0 aliphatic carbocycles. The number of rotatable bonds is 8. The first-order chi connectivity index (χ1) is 13.7. The molecule has 0 saturated carbocycles. The third-order valence-corrected chi connectivity index (χ3v) is 4.51. The number of amides is 1. The predicted molar refractivity (Wildman–Crippen MR) is 107 cm³/mol. The zero-order valence-electron chi connectivity index (χ0n) is 16.2. The third-order valence-electron chi connectivity index (χ3n) is 4.51. The van der Waals surface area contributed by atoms with Crippen LogP contribution in [-0.4, -0.2) is 69.4 Å². The van der Waals surface area contributed by atoms with Gasteiger partial charge < -0.3 is 24.8 Å². The van der Waals surface area contributed by atoms with Gasteiger partial charge in [-0.2, -0.15) is 0 Å². The minimum atomic E-state index is -0.130. The number of pyridine rings is 1. The quantitative estimate of drug-likeness (QED) is 0.717. The molecule has 150 valence electrons. The van der Waals surface area contributed by atoms with Crippen molar-refractivity contribution in [3.05, 3.63) is 42.1 Å². The molecule has 1 amide bonds. The molecule has 3 rings (SSSR count). The molecule has 0 bridgehead atoms. The number of anilines is 2. The lowest BCUT2D eigenvalue weighted by atomic mass is 10.2. The van der Waals surface area contributed by atoms with Crippen molar-refractivity contribution in [3.63, 3.8) is 0 Å². The molecule has 0 radical (unpaired) electrons. The number of methoxy groups -OCH3 is 2. The fourth-order valence-corrected chi connectivity index (χ4v) is 2.90. The fraction of sp³-hybridized carbons (Fsp3) is 0.400. The van der Waals surface area contributed by atoms with Crippen molar-refractivity contribution >= 4 is 17.4 Å². The van der Waals surface area contributed by atoms with E-state index in [-0.39, 0.29) is 5.91 Å². The summed E-state index contributed by atoms with van der Waals surface area (Å²) in [6.45, 7) is 4.75. The van der Waals surface area contributed by atoms with Crippen molar-refractivity contribution in [1.29, 1.82) is 0 Å². The van der Waals surface area contributed by atoms with Crippen molar-refractivity contribution in [2.45, 2.75) is 0 Å². The Morgan fingerprint density at radius 1 is 1.18 bits per heavy atom. The highest BCUT2D eigenvalue weighted by atomic mass is 16.5. The lowest BCUT2D eigenvalue weighted by Crippen LogP contribution is -2.41. The number of nitrogens with zero attached hydrogens (tertiary/aromatic N) is 2. The largest absolute Gasteiger partial charge is 0.497 e. The molecule has 2 aromatic rings. The van der Waals surface area contributed by atoms with E-state index in [0.29, 0.717) is 29.4 Å². The number of carbonyl (C=O) groups is 1. The van der Waals surface area contributed by atoms with Crippen molar-refractivity contribution in [1.82, 2.24) is 15.2 Å². The molecular weight excluding hydrogens is 360 g/mol. The first kappa shape index (κ1) is 19.9. The van der Waals surface area contributed by atoms with Gasteiger partial charge in [-0.25, -0.2) is 4.98 Å². The van der Waals surface area contributed by atoms with Crippen LogP contribution in [0.15, 0.2) is 36.5 Å². The topological polar surface area (TPSA) is 85.0 Å². The zero-order chi connectivity index (χ0) is 19.8. The number of aromatic nitrogens is 1. The van der Waals surface area contributed by atoms with Crippen LogP contribution in [0.5, 0.6) is 11.5 Å². The molecule has 1 aliphatic heterocycles. The summed E-state index contributed by atoms with van der Waals surface area (Å²) >= 11 is 0. The zero-order valence-corrected chi connectivity index (χ0v) is 16.2. The maximum atomic E-state index is 12.3. The van der Waals surface area contributed by atoms with Crippen LogP contribution in [-0.2, 0) is 4.74 Å². The Balaban J connectivity index is 1.53. The molecule has 0 unspecified atom stereocenters. The highest BCUT2D eigenvalue weighted by Gasteiger charge is 2.12. The lowest BCUT2D eigenvalue weighted by Gasteiger charge is -2.26. The predicted octanol–water partition coefficient (Wildman–Crippen LogP) is 1.90. The van der Waals surface area contributed by atoms with Gasteiger partial charge in [-0.15, -0.1) is 0 Å². The summed E-state index contributed by atoms with van der Waals surface area (Å²) in [6, 6.07) is 8.99. The summed E-state index contributed by atoms with van der Waals surface area (Å²) in [6.07, 6.45) is 1.56. The Kier molecular flexibility index (Phi) is 7.05. The SMILES string of the molecule is COc1ccc(Nc2ccc(C(=O)NCCN3CCOCC3)cn2)c(OC)c1. The van der Waals surface area contributed by atoms with Gasteiger partial charge in [0.2, 0.25) is 0 Å². The molecular formula is C20H26N4O4. The molecule has 28 heavy (non-hydrogen) atoms. The van der Waals surface area contributed by atoms with E-state index in [1.807, 2.05) is 12.1 Å². The van der Waals surface area contributed by atoms with Crippen LogP contribution in [0, 0.1) is 0 Å². The van der Waals surface area contributed by atoms with Crippen molar-refractivity contribution < 1.29 is 19.0 Å². The van der Waals surface area contributed by atoms with Gasteiger partial charge in [0.1, 0.15) is 17.3 Å². The van der Waals surface area contributed by atoms with E-state index in [4.69, 9.17) is 14.2 Å². The Morgan fingerprint density at radius 2 is 2.00 bits per heavy atom. The molecule has 1 saturated heterocycles. The van der Waals surface area contributed by atoms with Gasteiger partial charge in [0.05, 0.1) is 38.7 Å². The lowest BCUT2D eigenvalue weighted by molar-refractivity contribution is 0.0383. The summed E-state index contributed by atoms with van der Waals surface area (Å²) in [5, 5.41) is 6.12. The highest BCUT2D eigenvalue weighted by molar-refractivity contribution is 5.94. The molecule has 8 heteroatoms. The molecule has 1 fully saturated rings. The maximum Gasteiger partial charge on any atom is 0.252 e. The number of morpholine rings is 1. The second-order valence-corrected chi connectivity index (χ2v) is 6.33. The maximum absolute atomic E-state index is 12.3. The molecule has 1 aromatic heterocycles. The van der Waals surface area contributed by atoms with Gasteiger partial charge in [-0.05, 0) is 24.3 Å². The van der Waals surface area contributed by atoms with Crippen molar-refractivity contribution in [2.24, 2.45) is 0 Å². The average molecular weight is 386 g/mol. The van der Waals surface area contributed by atoms with E-state index in [1.165, 1.54) is 0 Å². The molecule has 0 spiro atoms. The Hall–Kier alpha value is -2.84. The number of carbonyl (C=O) groups excluding carboxylic acids is 1. The summed E-state index contributed by atoms with van der Waals surface area (Å²) in [5.74, 6) is 1.84. The van der Waals surface area contributed by atoms with E-state index in [1.54, 1.807) is 38.6 Å². The van der Waals surface area contributed by atoms with E-state index in [2.05, 4.69) is 20.5 Å². The number of hydrogen-bond donors (Lipinski definition) is 2. The number of benzene rings is 1. The molecule has 0 atom stereocenters. The Labute approximate surface area is 164 Å². The van der Waals surface area contributed by atoms with E-state index in [9.17, 15) is 4.79 Å². The molecule has 2 N–H and O–H groups in total. The van der Waals surface area contributed by atoms with Gasteiger partial charge in [-0.1, -0.05) is 0 Å². The van der Waals surface area contributed by atoms with Gasteiger partial charge in [0.15, 0.2) is 0 Å². The van der Waals surface area contributed by atoms with Crippen LogP contribution >= 0.6 is 0 Å². The Bertz CT molecular complexity index is 776. The molecule has 1 aliphatic rings. The standard InChI is InChI=1S/C20H26N4O4/c1-26-16-4-5-17(18(13-16)27-2)23-19-6-3-15(14-22-19)20(25)21-7-8-24-9-11-28-12-10-24/h3-6,13-14H,7-12H2,1-2H3,(H,21,25)(H,22,23). The monoisotopic (exact) mass is 386 g/mol. The van der Waals surface area contributed by atoms with Crippen LogP contribution in [0.1, 0.15) is 10.4 Å². The molecule has 1 aromatic carbocycles. The van der Waals surface area contributed by atoms with Crippen LogP contribution in [0.25, 0.3) is 0 Å².